The number of carboxylic acids is 1. The van der Waals surface area contributed by atoms with Gasteiger partial charge in [-0.05, 0) is 81.8 Å². The fraction of sp³-hybridized carbons (Fsp3) is 0.167. The molecule has 14 nitrogen and oxygen atoms in total. The van der Waals surface area contributed by atoms with Crippen LogP contribution in [-0.4, -0.2) is 44.1 Å². The lowest BCUT2D eigenvalue weighted by Crippen LogP contribution is -2.03. The van der Waals surface area contributed by atoms with Gasteiger partial charge in [-0.1, -0.05) is 53.0 Å². The number of carbonyl (C=O) groups is 2. The molecular weight excluding hydrogens is 707 g/mol. The number of carboxylic acid groups (broad SMARTS) is 1. The quantitative estimate of drug-likeness (QED) is 0.0617. The molecule has 0 bridgehead atoms. The number of hydrogen-bond donors (Lipinski definition) is 1. The summed E-state index contributed by atoms with van der Waals surface area (Å²) in [5.41, 5.74) is 24.0. The van der Waals surface area contributed by atoms with Crippen molar-refractivity contribution in [3.8, 4) is 0 Å². The standard InChI is InChI=1S/C18H14ClN5O2.C17H12ClN5O2.CH4/c1-26-18(25)12-2-3-21-16(8-12)6-11-4-13-7-15(19)10-22-17(13)14(5-11)9-23-24-20;18-14-6-12-3-10(4-13(8-22-23-19)16(12)21-9-14)5-15-7-11(17(24)25)1-2-20-15;/h2-5,7-8,10H,6,9H2,1H3;1-4,6-7,9H,5,8H2,(H,24,25);1H4. The number of esters is 1. The molecule has 0 unspecified atom stereocenters. The van der Waals surface area contributed by atoms with E-state index >= 15 is 0 Å². The molecule has 0 saturated heterocycles. The number of methoxy groups -OCH3 is 1. The average Bonchev–Trinajstić information content (AvgIpc) is 3.12. The normalized spacial score (nSPS) is 10.2. The van der Waals surface area contributed by atoms with Gasteiger partial charge in [-0.25, -0.2) is 9.59 Å². The average molecular weight is 738 g/mol. The van der Waals surface area contributed by atoms with Crippen LogP contribution in [0.15, 0.2) is 95.7 Å². The van der Waals surface area contributed by atoms with E-state index in [1.807, 2.05) is 30.3 Å². The second-order valence-electron chi connectivity index (χ2n) is 11.0. The predicted octanol–water partition coefficient (Wildman–Crippen LogP) is 9.49. The molecule has 0 fully saturated rings. The molecule has 0 aliphatic carbocycles. The van der Waals surface area contributed by atoms with Gasteiger partial charge in [0.15, 0.2) is 0 Å². The van der Waals surface area contributed by atoms with Gasteiger partial charge in [0.2, 0.25) is 0 Å². The molecule has 52 heavy (non-hydrogen) atoms. The Morgan fingerprint density at radius 3 is 1.63 bits per heavy atom. The van der Waals surface area contributed by atoms with Crippen molar-refractivity contribution in [1.29, 1.82) is 0 Å². The van der Waals surface area contributed by atoms with Crippen molar-refractivity contribution >= 4 is 56.9 Å². The number of rotatable bonds is 10. The highest BCUT2D eigenvalue weighted by molar-refractivity contribution is 6.31. The Morgan fingerprint density at radius 1 is 0.731 bits per heavy atom. The Labute approximate surface area is 307 Å². The molecular formula is C36H30Cl2N10O4. The van der Waals surface area contributed by atoms with E-state index in [-0.39, 0.29) is 26.1 Å². The zero-order valence-electron chi connectivity index (χ0n) is 26.8. The summed E-state index contributed by atoms with van der Waals surface area (Å²) in [5.74, 6) is -1.41. The minimum atomic E-state index is -0.998. The van der Waals surface area contributed by atoms with Crippen molar-refractivity contribution in [1.82, 2.24) is 19.9 Å². The van der Waals surface area contributed by atoms with Gasteiger partial charge in [0.25, 0.3) is 0 Å². The summed E-state index contributed by atoms with van der Waals surface area (Å²) in [7, 11) is 1.34. The van der Waals surface area contributed by atoms with Crippen LogP contribution in [0.4, 0.5) is 0 Å². The van der Waals surface area contributed by atoms with Crippen LogP contribution in [-0.2, 0) is 30.7 Å². The van der Waals surface area contributed by atoms with Crippen LogP contribution < -0.4 is 0 Å². The van der Waals surface area contributed by atoms with Gasteiger partial charge in [-0.2, -0.15) is 0 Å². The molecule has 0 atom stereocenters. The Balaban J connectivity index is 0.000000228. The number of benzene rings is 2. The fourth-order valence-electron chi connectivity index (χ4n) is 5.34. The van der Waals surface area contributed by atoms with Crippen LogP contribution >= 0.6 is 23.2 Å². The predicted molar refractivity (Wildman–Crippen MR) is 198 cm³/mol. The number of carbonyl (C=O) groups excluding carboxylic acids is 1. The Bertz CT molecular complexity index is 2380. The summed E-state index contributed by atoms with van der Waals surface area (Å²) >= 11 is 12.1. The number of hydrogen-bond acceptors (Lipinski definition) is 9. The Hall–Kier alpha value is -6.30. The summed E-state index contributed by atoms with van der Waals surface area (Å²) in [5, 5.41) is 19.0. The number of nitrogens with zero attached hydrogens (tertiary/aromatic N) is 10. The highest BCUT2D eigenvalue weighted by atomic mass is 35.5. The number of fused-ring (bicyclic) bond motifs is 2. The van der Waals surface area contributed by atoms with Crippen LogP contribution in [0.3, 0.4) is 0 Å². The largest absolute Gasteiger partial charge is 0.478 e. The highest BCUT2D eigenvalue weighted by Gasteiger charge is 2.12. The first kappa shape index (κ1) is 38.5. The van der Waals surface area contributed by atoms with E-state index in [2.05, 4.69) is 40.0 Å². The van der Waals surface area contributed by atoms with E-state index in [0.29, 0.717) is 39.7 Å². The first-order chi connectivity index (χ1) is 24.7. The van der Waals surface area contributed by atoms with Crippen molar-refractivity contribution in [2.24, 2.45) is 10.2 Å². The zero-order valence-corrected chi connectivity index (χ0v) is 28.3. The summed E-state index contributed by atoms with van der Waals surface area (Å²) in [6.07, 6.45) is 7.08. The van der Waals surface area contributed by atoms with Gasteiger partial charge in [0, 0.05) is 69.6 Å². The summed E-state index contributed by atoms with van der Waals surface area (Å²) < 4.78 is 4.74. The number of aromatic carboxylic acids is 1. The van der Waals surface area contributed by atoms with E-state index < -0.39 is 11.9 Å². The molecule has 1 N–H and O–H groups in total. The number of azide groups is 2. The third kappa shape index (κ3) is 9.90. The van der Waals surface area contributed by atoms with Crippen molar-refractivity contribution in [3.05, 3.63) is 161 Å². The number of halogens is 2. The van der Waals surface area contributed by atoms with Crippen molar-refractivity contribution in [2.45, 2.75) is 33.4 Å². The fourth-order valence-corrected chi connectivity index (χ4v) is 5.67. The van der Waals surface area contributed by atoms with Crippen molar-refractivity contribution in [3.63, 3.8) is 0 Å². The first-order valence-electron chi connectivity index (χ1n) is 15.0. The molecule has 16 heteroatoms. The molecule has 0 amide bonds. The molecule has 0 saturated carbocycles. The Kier molecular flexibility index (Phi) is 13.4. The maximum absolute atomic E-state index is 11.7. The smallest absolute Gasteiger partial charge is 0.337 e. The molecule has 4 heterocycles. The van der Waals surface area contributed by atoms with Crippen LogP contribution in [0.2, 0.25) is 10.0 Å². The number of aromatic nitrogens is 4. The van der Waals surface area contributed by atoms with E-state index in [9.17, 15) is 9.59 Å². The molecule has 6 rings (SSSR count). The molecule has 0 aliphatic rings. The zero-order chi connectivity index (χ0) is 36.3. The van der Waals surface area contributed by atoms with E-state index in [0.717, 1.165) is 44.2 Å². The summed E-state index contributed by atoms with van der Waals surface area (Å²) in [6.45, 7) is 0.350. The van der Waals surface area contributed by atoms with Gasteiger partial charge < -0.3 is 9.84 Å². The molecule has 0 radical (unpaired) electrons. The maximum Gasteiger partial charge on any atom is 0.337 e. The first-order valence-corrected chi connectivity index (χ1v) is 15.8. The van der Waals surface area contributed by atoms with Crippen LogP contribution in [0.25, 0.3) is 42.7 Å². The number of pyridine rings is 4. The molecule has 0 spiro atoms. The summed E-state index contributed by atoms with van der Waals surface area (Å²) in [6, 6.07) is 17.6. The van der Waals surface area contributed by atoms with Crippen molar-refractivity contribution < 1.29 is 19.4 Å². The van der Waals surface area contributed by atoms with Crippen LogP contribution in [0, 0.1) is 0 Å². The Morgan fingerprint density at radius 2 is 1.19 bits per heavy atom. The van der Waals surface area contributed by atoms with Crippen LogP contribution in [0.1, 0.15) is 61.8 Å². The minimum Gasteiger partial charge on any atom is -0.478 e. The van der Waals surface area contributed by atoms with Gasteiger partial charge in [-0.15, -0.1) is 0 Å². The van der Waals surface area contributed by atoms with E-state index in [4.69, 9.17) is 44.1 Å². The van der Waals surface area contributed by atoms with Gasteiger partial charge >= 0.3 is 11.9 Å². The van der Waals surface area contributed by atoms with Gasteiger partial charge in [0.05, 0.1) is 52.4 Å². The highest BCUT2D eigenvalue weighted by Crippen LogP contribution is 2.26. The molecule has 6 aromatic rings. The van der Waals surface area contributed by atoms with E-state index in [1.54, 1.807) is 36.8 Å². The van der Waals surface area contributed by atoms with E-state index in [1.165, 1.54) is 25.4 Å². The molecule has 0 aliphatic heterocycles. The third-order valence-electron chi connectivity index (χ3n) is 7.46. The number of ether oxygens (including phenoxy) is 1. The lowest BCUT2D eigenvalue weighted by Gasteiger charge is -2.09. The third-order valence-corrected chi connectivity index (χ3v) is 7.87. The summed E-state index contributed by atoms with van der Waals surface area (Å²) in [4.78, 5) is 45.6. The minimum absolute atomic E-state index is 0. The van der Waals surface area contributed by atoms with Crippen molar-refractivity contribution in [2.75, 3.05) is 7.11 Å². The molecule has 4 aromatic heterocycles. The molecule has 262 valence electrons. The second kappa shape index (κ2) is 18.1. The lowest BCUT2D eigenvalue weighted by atomic mass is 10.0. The lowest BCUT2D eigenvalue weighted by molar-refractivity contribution is 0.0599. The molecule has 2 aromatic carbocycles. The topological polar surface area (TPSA) is 213 Å². The SMILES string of the molecule is C.COC(=O)c1ccnc(Cc2cc(CN=[N+]=[N-])c3ncc(Cl)cc3c2)c1.[N-]=[N+]=NCc1cc(Cc2cc(C(=O)O)ccn2)cc2cc(Cl)cnc12. The van der Waals surface area contributed by atoms with Gasteiger partial charge in [-0.3, -0.25) is 19.9 Å². The van der Waals surface area contributed by atoms with Gasteiger partial charge in [0.1, 0.15) is 0 Å². The van der Waals surface area contributed by atoms with Crippen LogP contribution in [0.5, 0.6) is 0 Å². The maximum atomic E-state index is 11.7. The monoisotopic (exact) mass is 736 g/mol. The second-order valence-corrected chi connectivity index (χ2v) is 11.8.